The molecule has 2 aromatic rings. The molecule has 0 radical (unpaired) electrons. The first-order chi connectivity index (χ1) is 14.8. The van der Waals surface area contributed by atoms with E-state index in [1.807, 2.05) is 30.3 Å². The number of carbonyl (C=O) groups excluding carboxylic acids is 3. The standard InChI is InChI=1S/C20H20N4O6S/c25-17(9-10-18(26)30-12-11-14-5-2-1-3-6-14)21-20(31)23-22-19(27)15-7-4-8-16(13-15)24(28)29/h1-8,13H,9-12H2,(H,22,27)(H2,21,23,25,31). The maximum absolute atomic E-state index is 12.0. The van der Waals surface area contributed by atoms with Crippen molar-refractivity contribution in [2.24, 2.45) is 0 Å². The van der Waals surface area contributed by atoms with Crippen LogP contribution in [0, 0.1) is 10.1 Å². The van der Waals surface area contributed by atoms with Crippen molar-refractivity contribution in [3.8, 4) is 0 Å². The minimum absolute atomic E-state index is 0.0362. The first-order valence-electron chi connectivity index (χ1n) is 9.19. The fourth-order valence-electron chi connectivity index (χ4n) is 2.38. The van der Waals surface area contributed by atoms with Gasteiger partial charge in [0.25, 0.3) is 11.6 Å². The molecule has 2 rings (SSSR count). The minimum Gasteiger partial charge on any atom is -0.465 e. The summed E-state index contributed by atoms with van der Waals surface area (Å²) in [5, 5.41) is 12.9. The number of nitrogens with one attached hydrogen (secondary N) is 3. The lowest BCUT2D eigenvalue weighted by Gasteiger charge is -2.11. The fourth-order valence-corrected chi connectivity index (χ4v) is 2.55. The van der Waals surface area contributed by atoms with Gasteiger partial charge in [-0.1, -0.05) is 36.4 Å². The largest absolute Gasteiger partial charge is 0.465 e. The number of hydrogen-bond acceptors (Lipinski definition) is 7. The molecule has 0 atom stereocenters. The van der Waals surface area contributed by atoms with Crippen LogP contribution in [0.1, 0.15) is 28.8 Å². The first kappa shape index (κ1) is 23.4. The van der Waals surface area contributed by atoms with Crippen molar-refractivity contribution >= 4 is 40.8 Å². The number of rotatable bonds is 8. The zero-order valence-electron chi connectivity index (χ0n) is 16.3. The van der Waals surface area contributed by atoms with Crippen LogP contribution in [-0.2, 0) is 20.7 Å². The smallest absolute Gasteiger partial charge is 0.306 e. The Labute approximate surface area is 183 Å². The van der Waals surface area contributed by atoms with E-state index in [1.165, 1.54) is 18.2 Å². The summed E-state index contributed by atoms with van der Waals surface area (Å²) >= 11 is 4.89. The third-order valence-electron chi connectivity index (χ3n) is 3.91. The van der Waals surface area contributed by atoms with Crippen LogP contribution in [0.4, 0.5) is 5.69 Å². The van der Waals surface area contributed by atoms with Gasteiger partial charge < -0.3 is 10.1 Å². The van der Waals surface area contributed by atoms with Gasteiger partial charge in [0.15, 0.2) is 5.11 Å². The third kappa shape index (κ3) is 8.58. The zero-order valence-corrected chi connectivity index (χ0v) is 17.1. The molecule has 0 saturated heterocycles. The number of nitro benzene ring substituents is 1. The Hall–Kier alpha value is -3.86. The van der Waals surface area contributed by atoms with Gasteiger partial charge in [-0.15, -0.1) is 0 Å². The van der Waals surface area contributed by atoms with E-state index in [-0.39, 0.29) is 35.8 Å². The Morgan fingerprint density at radius 1 is 1.00 bits per heavy atom. The molecular formula is C20H20N4O6S. The van der Waals surface area contributed by atoms with Crippen molar-refractivity contribution in [1.29, 1.82) is 0 Å². The molecule has 2 amide bonds. The average molecular weight is 444 g/mol. The van der Waals surface area contributed by atoms with E-state index < -0.39 is 22.7 Å². The summed E-state index contributed by atoms with van der Waals surface area (Å²) in [6, 6.07) is 14.6. The molecule has 162 valence electrons. The molecule has 0 heterocycles. The van der Waals surface area contributed by atoms with E-state index in [2.05, 4.69) is 16.2 Å². The molecule has 0 aliphatic rings. The topological polar surface area (TPSA) is 140 Å². The van der Waals surface area contributed by atoms with Crippen LogP contribution in [0.2, 0.25) is 0 Å². The van der Waals surface area contributed by atoms with Crippen LogP contribution >= 0.6 is 12.2 Å². The number of nitrogens with zero attached hydrogens (tertiary/aromatic N) is 1. The Morgan fingerprint density at radius 3 is 2.45 bits per heavy atom. The van der Waals surface area contributed by atoms with Crippen LogP contribution in [-0.4, -0.2) is 34.4 Å². The Kier molecular flexibility index (Phi) is 9.05. The minimum atomic E-state index is -0.678. The molecule has 0 unspecified atom stereocenters. The molecule has 10 nitrogen and oxygen atoms in total. The lowest BCUT2D eigenvalue weighted by atomic mass is 10.2. The number of esters is 1. The molecule has 31 heavy (non-hydrogen) atoms. The predicted molar refractivity (Wildman–Crippen MR) is 115 cm³/mol. The molecule has 2 aromatic carbocycles. The number of nitro groups is 1. The zero-order chi connectivity index (χ0) is 22.6. The highest BCUT2D eigenvalue weighted by atomic mass is 32.1. The molecular weight excluding hydrogens is 424 g/mol. The Morgan fingerprint density at radius 2 is 1.74 bits per heavy atom. The number of thiocarbonyl (C=S) groups is 1. The molecule has 0 aliphatic carbocycles. The third-order valence-corrected chi connectivity index (χ3v) is 4.12. The van der Waals surface area contributed by atoms with Gasteiger partial charge in [-0.05, 0) is 23.8 Å². The van der Waals surface area contributed by atoms with Crippen LogP contribution in [0.25, 0.3) is 0 Å². The maximum atomic E-state index is 12.0. The molecule has 3 N–H and O–H groups in total. The van der Waals surface area contributed by atoms with Crippen molar-refractivity contribution in [2.45, 2.75) is 19.3 Å². The van der Waals surface area contributed by atoms with Crippen molar-refractivity contribution < 1.29 is 24.0 Å². The maximum Gasteiger partial charge on any atom is 0.306 e. The normalized spacial score (nSPS) is 9.94. The number of hydrazine groups is 1. The van der Waals surface area contributed by atoms with Gasteiger partial charge in [0, 0.05) is 30.5 Å². The highest BCUT2D eigenvalue weighted by molar-refractivity contribution is 7.80. The molecule has 0 bridgehead atoms. The number of hydrogen-bond donors (Lipinski definition) is 3. The van der Waals surface area contributed by atoms with Gasteiger partial charge in [-0.2, -0.15) is 0 Å². The molecule has 0 spiro atoms. The van der Waals surface area contributed by atoms with Crippen molar-refractivity contribution in [1.82, 2.24) is 16.2 Å². The van der Waals surface area contributed by atoms with Crippen molar-refractivity contribution in [3.63, 3.8) is 0 Å². The SMILES string of the molecule is O=C(CCC(=O)OCCc1ccccc1)NC(=S)NNC(=O)c1cccc([N+](=O)[O-])c1. The van der Waals surface area contributed by atoms with Crippen molar-refractivity contribution in [2.75, 3.05) is 6.61 Å². The van der Waals surface area contributed by atoms with Gasteiger partial charge in [0.2, 0.25) is 5.91 Å². The second-order valence-corrected chi connectivity index (χ2v) is 6.63. The van der Waals surface area contributed by atoms with Crippen LogP contribution in [0.15, 0.2) is 54.6 Å². The van der Waals surface area contributed by atoms with Crippen LogP contribution < -0.4 is 16.2 Å². The van der Waals surface area contributed by atoms with Crippen molar-refractivity contribution in [3.05, 3.63) is 75.8 Å². The second kappa shape index (κ2) is 12.0. The van der Waals surface area contributed by atoms with E-state index in [9.17, 15) is 24.5 Å². The first-order valence-corrected chi connectivity index (χ1v) is 9.60. The lowest BCUT2D eigenvalue weighted by Crippen LogP contribution is -2.48. The monoisotopic (exact) mass is 444 g/mol. The van der Waals surface area contributed by atoms with Gasteiger partial charge in [-0.25, -0.2) is 0 Å². The van der Waals surface area contributed by atoms with Crippen LogP contribution in [0.5, 0.6) is 0 Å². The van der Waals surface area contributed by atoms with Gasteiger partial charge >= 0.3 is 5.97 Å². The molecule has 0 aromatic heterocycles. The quantitative estimate of drug-likeness (QED) is 0.242. The lowest BCUT2D eigenvalue weighted by molar-refractivity contribution is -0.384. The van der Waals surface area contributed by atoms with Crippen LogP contribution in [0.3, 0.4) is 0 Å². The highest BCUT2D eigenvalue weighted by Crippen LogP contribution is 2.12. The molecule has 0 fully saturated rings. The summed E-state index contributed by atoms with van der Waals surface area (Å²) in [7, 11) is 0. The fraction of sp³-hybridized carbons (Fsp3) is 0.200. The summed E-state index contributed by atoms with van der Waals surface area (Å²) in [5.74, 6) is -1.73. The second-order valence-electron chi connectivity index (χ2n) is 6.22. The van der Waals surface area contributed by atoms with Gasteiger partial charge in [0.05, 0.1) is 18.0 Å². The Bertz CT molecular complexity index is 967. The van der Waals surface area contributed by atoms with E-state index in [0.29, 0.717) is 6.42 Å². The number of carbonyl (C=O) groups is 3. The highest BCUT2D eigenvalue weighted by Gasteiger charge is 2.13. The average Bonchev–Trinajstić information content (AvgIpc) is 2.77. The van der Waals surface area contributed by atoms with Gasteiger partial charge in [-0.3, -0.25) is 35.3 Å². The molecule has 11 heteroatoms. The summed E-state index contributed by atoms with van der Waals surface area (Å²) in [4.78, 5) is 45.7. The summed E-state index contributed by atoms with van der Waals surface area (Å²) < 4.78 is 5.08. The summed E-state index contributed by atoms with van der Waals surface area (Å²) in [6.07, 6.45) is 0.311. The van der Waals surface area contributed by atoms with Gasteiger partial charge in [0.1, 0.15) is 0 Å². The van der Waals surface area contributed by atoms with E-state index >= 15 is 0 Å². The Balaban J connectivity index is 1.64. The molecule has 0 saturated carbocycles. The number of amides is 2. The number of benzene rings is 2. The number of non-ortho nitro benzene ring substituents is 1. The summed E-state index contributed by atoms with van der Waals surface area (Å²) in [5.41, 5.74) is 5.37. The number of ether oxygens (including phenoxy) is 1. The van der Waals surface area contributed by atoms with E-state index in [1.54, 1.807) is 0 Å². The van der Waals surface area contributed by atoms with E-state index in [0.717, 1.165) is 11.6 Å². The summed E-state index contributed by atoms with van der Waals surface area (Å²) in [6.45, 7) is 0.216. The predicted octanol–water partition coefficient (Wildman–Crippen LogP) is 1.80. The molecule has 0 aliphatic heterocycles. The van der Waals surface area contributed by atoms with E-state index in [4.69, 9.17) is 17.0 Å².